The van der Waals surface area contributed by atoms with E-state index in [1.807, 2.05) is 43.3 Å². The number of aryl methyl sites for hydroxylation is 1. The van der Waals surface area contributed by atoms with Gasteiger partial charge in [0.05, 0.1) is 30.0 Å². The van der Waals surface area contributed by atoms with Crippen molar-refractivity contribution >= 4 is 17.5 Å². The van der Waals surface area contributed by atoms with Gasteiger partial charge >= 0.3 is 0 Å². The first-order valence-electron chi connectivity index (χ1n) is 10.1. The van der Waals surface area contributed by atoms with Gasteiger partial charge in [0, 0.05) is 24.9 Å². The minimum atomic E-state index is -0.196. The summed E-state index contributed by atoms with van der Waals surface area (Å²) in [7, 11) is 0. The summed E-state index contributed by atoms with van der Waals surface area (Å²) in [5.41, 5.74) is 4.33. The minimum absolute atomic E-state index is 0.196. The Morgan fingerprint density at radius 3 is 2.45 bits per heavy atom. The molecule has 0 spiro atoms. The number of rotatable bonds is 6. The van der Waals surface area contributed by atoms with Gasteiger partial charge in [-0.15, -0.1) is 0 Å². The lowest BCUT2D eigenvalue weighted by atomic mass is 10.1. The summed E-state index contributed by atoms with van der Waals surface area (Å²) in [4.78, 5) is 14.5. The summed E-state index contributed by atoms with van der Waals surface area (Å²) >= 11 is 6.52. The van der Waals surface area contributed by atoms with Crippen molar-refractivity contribution < 1.29 is 9.69 Å². The lowest BCUT2D eigenvalue weighted by Gasteiger charge is -2.15. The number of nitrogens with one attached hydrogen (secondary N) is 2. The van der Waals surface area contributed by atoms with Gasteiger partial charge in [0.25, 0.3) is 5.91 Å². The van der Waals surface area contributed by atoms with Crippen molar-refractivity contribution in [3.63, 3.8) is 0 Å². The van der Waals surface area contributed by atoms with Gasteiger partial charge in [-0.3, -0.25) is 4.79 Å². The number of halogens is 1. The number of carbonyl (C=O) groups is 1. The van der Waals surface area contributed by atoms with Gasteiger partial charge in [0.2, 0.25) is 0 Å². The van der Waals surface area contributed by atoms with Crippen LogP contribution in [0, 0.1) is 6.92 Å². The minimum Gasteiger partial charge on any atom is -0.348 e. The van der Waals surface area contributed by atoms with Gasteiger partial charge in [-0.2, -0.15) is 5.10 Å². The number of amides is 1. The van der Waals surface area contributed by atoms with E-state index < -0.39 is 0 Å². The summed E-state index contributed by atoms with van der Waals surface area (Å²) in [6.45, 7) is 5.76. The normalized spacial score (nSPS) is 14.3. The highest BCUT2D eigenvalue weighted by Gasteiger charge is 2.22. The summed E-state index contributed by atoms with van der Waals surface area (Å²) in [6.07, 6.45) is 2.61. The van der Waals surface area contributed by atoms with Crippen LogP contribution in [0.15, 0.2) is 54.6 Å². The van der Waals surface area contributed by atoms with E-state index in [4.69, 9.17) is 11.6 Å². The largest absolute Gasteiger partial charge is 0.348 e. The maximum atomic E-state index is 12.9. The molecule has 0 unspecified atom stereocenters. The molecule has 1 aliphatic rings. The molecule has 1 aromatic heterocycles. The molecule has 1 aliphatic heterocycles. The summed E-state index contributed by atoms with van der Waals surface area (Å²) in [5, 5.41) is 7.84. The second kappa shape index (κ2) is 8.80. The quantitative estimate of drug-likeness (QED) is 0.657. The first-order chi connectivity index (χ1) is 14.1. The molecule has 4 rings (SSSR count). The fraction of sp³-hybridized carbons (Fsp3) is 0.304. The molecule has 0 atom stereocenters. The van der Waals surface area contributed by atoms with Crippen molar-refractivity contribution in [2.24, 2.45) is 0 Å². The van der Waals surface area contributed by atoms with E-state index in [2.05, 4.69) is 28.6 Å². The first-order valence-corrected chi connectivity index (χ1v) is 10.5. The fourth-order valence-corrected chi connectivity index (χ4v) is 4.34. The Bertz CT molecular complexity index is 993. The van der Waals surface area contributed by atoms with Gasteiger partial charge < -0.3 is 10.2 Å². The third kappa shape index (κ3) is 4.36. The Morgan fingerprint density at radius 2 is 1.72 bits per heavy atom. The van der Waals surface area contributed by atoms with E-state index in [1.54, 1.807) is 9.58 Å². The SMILES string of the molecule is Cc1nn(-c2ccccc2)c(Cl)c1C(=O)NCc1ccccc1C[NH+]1CCCC1. The Balaban J connectivity index is 1.49. The number of quaternary nitrogens is 1. The Hall–Kier alpha value is -2.63. The standard InChI is InChI=1S/C23H25ClN4O/c1-17-21(22(24)28(26-17)20-11-3-2-4-12-20)23(29)25-15-18-9-5-6-10-19(18)16-27-13-7-8-14-27/h2-6,9-12H,7-8,13-16H2,1H3,(H,25,29)/p+1. The monoisotopic (exact) mass is 409 g/mol. The van der Waals surface area contributed by atoms with Gasteiger partial charge in [-0.1, -0.05) is 54.1 Å². The van der Waals surface area contributed by atoms with Crippen LogP contribution in [0.4, 0.5) is 0 Å². The molecule has 1 amide bonds. The predicted octanol–water partition coefficient (Wildman–Crippen LogP) is 2.94. The highest BCUT2D eigenvalue weighted by atomic mass is 35.5. The second-order valence-corrected chi connectivity index (χ2v) is 7.94. The highest BCUT2D eigenvalue weighted by Crippen LogP contribution is 2.23. The molecule has 2 N–H and O–H groups in total. The molecule has 0 radical (unpaired) electrons. The van der Waals surface area contributed by atoms with Crippen LogP contribution in [0.25, 0.3) is 5.69 Å². The smallest absolute Gasteiger partial charge is 0.256 e. The van der Waals surface area contributed by atoms with Crippen LogP contribution in [0.3, 0.4) is 0 Å². The zero-order valence-corrected chi connectivity index (χ0v) is 17.4. The molecule has 2 heterocycles. The third-order valence-electron chi connectivity index (χ3n) is 5.54. The van der Waals surface area contributed by atoms with Crippen LogP contribution < -0.4 is 10.2 Å². The third-order valence-corrected chi connectivity index (χ3v) is 5.89. The van der Waals surface area contributed by atoms with Crippen molar-refractivity contribution in [1.29, 1.82) is 0 Å². The van der Waals surface area contributed by atoms with Crippen molar-refractivity contribution in [2.75, 3.05) is 13.1 Å². The molecule has 29 heavy (non-hydrogen) atoms. The number of likely N-dealkylation sites (tertiary alicyclic amines) is 1. The maximum Gasteiger partial charge on any atom is 0.256 e. The van der Waals surface area contributed by atoms with Crippen LogP contribution in [0.5, 0.6) is 0 Å². The fourth-order valence-electron chi connectivity index (χ4n) is 3.98. The molecule has 1 fully saturated rings. The number of nitrogens with zero attached hydrogens (tertiary/aromatic N) is 2. The Morgan fingerprint density at radius 1 is 1.07 bits per heavy atom. The predicted molar refractivity (Wildman–Crippen MR) is 115 cm³/mol. The molecule has 2 aromatic carbocycles. The van der Waals surface area contributed by atoms with Crippen molar-refractivity contribution in [1.82, 2.24) is 15.1 Å². The van der Waals surface area contributed by atoms with E-state index in [9.17, 15) is 4.79 Å². The van der Waals surface area contributed by atoms with Gasteiger partial charge in [-0.25, -0.2) is 4.68 Å². The summed E-state index contributed by atoms with van der Waals surface area (Å²) in [6, 6.07) is 17.9. The molecule has 5 nitrogen and oxygen atoms in total. The zero-order valence-electron chi connectivity index (χ0n) is 16.6. The first kappa shape index (κ1) is 19.7. The van der Waals surface area contributed by atoms with Crippen LogP contribution >= 0.6 is 11.6 Å². The molecular weight excluding hydrogens is 384 g/mol. The lowest BCUT2D eigenvalue weighted by molar-refractivity contribution is -0.901. The van der Waals surface area contributed by atoms with E-state index in [0.29, 0.717) is 23.0 Å². The second-order valence-electron chi connectivity index (χ2n) is 7.58. The molecule has 0 bridgehead atoms. The molecule has 1 saturated heterocycles. The molecule has 6 heteroatoms. The van der Waals surface area contributed by atoms with Crippen LogP contribution in [-0.4, -0.2) is 28.8 Å². The van der Waals surface area contributed by atoms with Gasteiger partial charge in [0.15, 0.2) is 0 Å². The van der Waals surface area contributed by atoms with E-state index >= 15 is 0 Å². The van der Waals surface area contributed by atoms with Gasteiger partial charge in [-0.05, 0) is 24.6 Å². The van der Waals surface area contributed by atoms with Gasteiger partial charge in [0.1, 0.15) is 11.7 Å². The molecule has 0 saturated carbocycles. The Kier molecular flexibility index (Phi) is 5.97. The van der Waals surface area contributed by atoms with Crippen LogP contribution in [-0.2, 0) is 13.1 Å². The molecular formula is C23H26ClN4O+. The Labute approximate surface area is 176 Å². The lowest BCUT2D eigenvalue weighted by Crippen LogP contribution is -3.08. The van der Waals surface area contributed by atoms with E-state index in [1.165, 1.54) is 31.5 Å². The average molecular weight is 410 g/mol. The number of para-hydroxylation sites is 1. The van der Waals surface area contributed by atoms with Crippen LogP contribution in [0.2, 0.25) is 5.15 Å². The van der Waals surface area contributed by atoms with E-state index in [-0.39, 0.29) is 5.91 Å². The molecule has 0 aliphatic carbocycles. The number of hydrogen-bond acceptors (Lipinski definition) is 2. The van der Waals surface area contributed by atoms with Crippen molar-refractivity contribution in [3.05, 3.63) is 82.1 Å². The average Bonchev–Trinajstić information content (AvgIpc) is 3.35. The summed E-state index contributed by atoms with van der Waals surface area (Å²) in [5.74, 6) is -0.196. The summed E-state index contributed by atoms with van der Waals surface area (Å²) < 4.78 is 1.61. The molecule has 3 aromatic rings. The van der Waals surface area contributed by atoms with E-state index in [0.717, 1.165) is 17.8 Å². The van der Waals surface area contributed by atoms with Crippen molar-refractivity contribution in [3.8, 4) is 5.69 Å². The zero-order chi connectivity index (χ0) is 20.2. The number of aromatic nitrogens is 2. The number of benzene rings is 2. The number of carbonyl (C=O) groups excluding carboxylic acids is 1. The van der Waals surface area contributed by atoms with Crippen LogP contribution in [0.1, 0.15) is 40.0 Å². The molecule has 150 valence electrons. The topological polar surface area (TPSA) is 51.4 Å². The maximum absolute atomic E-state index is 12.9. The highest BCUT2D eigenvalue weighted by molar-refractivity contribution is 6.33. The van der Waals surface area contributed by atoms with Crippen molar-refractivity contribution in [2.45, 2.75) is 32.9 Å². The number of hydrogen-bond donors (Lipinski definition) is 2.